The number of nitrogens with zero attached hydrogens (tertiary/aromatic N) is 2. The average molecular weight is 493 g/mol. The Bertz CT molecular complexity index is 1400. The Labute approximate surface area is 205 Å². The molecule has 7 nitrogen and oxygen atoms in total. The Kier molecular flexibility index (Phi) is 5.94. The first-order valence-corrected chi connectivity index (χ1v) is 15.8. The highest BCUT2D eigenvalue weighted by molar-refractivity contribution is 6.77. The van der Waals surface area contributed by atoms with Crippen LogP contribution in [0.3, 0.4) is 0 Å². The van der Waals surface area contributed by atoms with E-state index in [0.717, 1.165) is 47.1 Å². The average Bonchev–Trinajstić information content (AvgIpc) is 3.22. The number of aliphatic hydroxyl groups excluding tert-OH is 1. The van der Waals surface area contributed by atoms with E-state index >= 15 is 0 Å². The molecule has 0 bridgehead atoms. The zero-order valence-electron chi connectivity index (χ0n) is 20.6. The number of aromatic nitrogens is 2. The van der Waals surface area contributed by atoms with E-state index in [1.165, 1.54) is 5.56 Å². The SMILES string of the molecule is CC[C@@]1(O)C(=O)OCc2c1cc1n(c2=O)Cc2c-1nc1ccccc1c2CC[Si](C)(C)CCCO. The molecule has 0 aliphatic carbocycles. The summed E-state index contributed by atoms with van der Waals surface area (Å²) in [7, 11) is -1.51. The monoisotopic (exact) mass is 492 g/mol. The van der Waals surface area contributed by atoms with Crippen molar-refractivity contribution in [3.05, 3.63) is 62.9 Å². The number of esters is 1. The fourth-order valence-electron chi connectivity index (χ4n) is 5.54. The number of hydrogen-bond donors (Lipinski definition) is 2. The van der Waals surface area contributed by atoms with E-state index in [9.17, 15) is 19.8 Å². The summed E-state index contributed by atoms with van der Waals surface area (Å²) in [5.74, 6) is -0.711. The Morgan fingerprint density at radius 2 is 1.94 bits per heavy atom. The van der Waals surface area contributed by atoms with Crippen molar-refractivity contribution < 1.29 is 19.7 Å². The molecule has 2 aliphatic rings. The summed E-state index contributed by atoms with van der Waals surface area (Å²) in [4.78, 5) is 30.9. The van der Waals surface area contributed by atoms with Crippen LogP contribution in [0.15, 0.2) is 35.1 Å². The van der Waals surface area contributed by atoms with Crippen molar-refractivity contribution in [1.29, 1.82) is 0 Å². The van der Waals surface area contributed by atoms with Crippen molar-refractivity contribution in [2.45, 2.75) is 70.1 Å². The molecule has 0 spiro atoms. The maximum absolute atomic E-state index is 13.5. The summed E-state index contributed by atoms with van der Waals surface area (Å²) < 4.78 is 6.90. The molecule has 2 aromatic heterocycles. The van der Waals surface area contributed by atoms with E-state index < -0.39 is 19.6 Å². The molecule has 5 rings (SSSR count). The number of rotatable bonds is 7. The van der Waals surface area contributed by atoms with Crippen LogP contribution in [0, 0.1) is 0 Å². The molecule has 3 aromatic rings. The summed E-state index contributed by atoms with van der Waals surface area (Å²) in [6.45, 7) is 6.95. The predicted octanol–water partition coefficient (Wildman–Crippen LogP) is 3.71. The van der Waals surface area contributed by atoms with Gasteiger partial charge in [-0.15, -0.1) is 0 Å². The van der Waals surface area contributed by atoms with Crippen molar-refractivity contribution in [2.24, 2.45) is 0 Å². The van der Waals surface area contributed by atoms with Crippen molar-refractivity contribution in [3.63, 3.8) is 0 Å². The van der Waals surface area contributed by atoms with Gasteiger partial charge in [0.2, 0.25) is 0 Å². The van der Waals surface area contributed by atoms with E-state index in [-0.39, 0.29) is 25.2 Å². The summed E-state index contributed by atoms with van der Waals surface area (Å²) >= 11 is 0. The van der Waals surface area contributed by atoms with Crippen LogP contribution in [-0.4, -0.2) is 40.4 Å². The zero-order chi connectivity index (χ0) is 25.0. The van der Waals surface area contributed by atoms with Crippen molar-refractivity contribution in [1.82, 2.24) is 9.55 Å². The minimum absolute atomic E-state index is 0.124. The molecular weight excluding hydrogens is 460 g/mol. The molecule has 0 radical (unpaired) electrons. The van der Waals surface area contributed by atoms with Gasteiger partial charge < -0.3 is 19.5 Å². The summed E-state index contributed by atoms with van der Waals surface area (Å²) in [6, 6.07) is 12.0. The van der Waals surface area contributed by atoms with E-state index in [1.807, 2.05) is 18.2 Å². The van der Waals surface area contributed by atoms with E-state index in [2.05, 4.69) is 19.2 Å². The Morgan fingerprint density at radius 1 is 1.17 bits per heavy atom. The standard InChI is InChI=1S/C27H32N2O5Si/c1-4-27(33)21-14-23-24-19(15-29(23)25(31)20(21)16-34-26(27)32)17(10-13-35(2,3)12-7-11-30)18-8-5-6-9-22(18)28-24/h5-6,8-9,14,30,33H,4,7,10-13,15-16H2,1-3H3/t27-/m0/s1. The van der Waals surface area contributed by atoms with Crippen molar-refractivity contribution in [3.8, 4) is 11.4 Å². The van der Waals surface area contributed by atoms with Gasteiger partial charge in [0.25, 0.3) is 5.56 Å². The number of ether oxygens (including phenoxy) is 1. The number of fused-ring (bicyclic) bond motifs is 5. The van der Waals surface area contributed by atoms with Gasteiger partial charge in [-0.05, 0) is 37.0 Å². The van der Waals surface area contributed by atoms with Crippen LogP contribution in [0.1, 0.15) is 42.0 Å². The first kappa shape index (κ1) is 23.9. The van der Waals surface area contributed by atoms with Gasteiger partial charge in [-0.2, -0.15) is 0 Å². The number of benzene rings is 1. The third kappa shape index (κ3) is 3.84. The molecule has 1 aromatic carbocycles. The molecule has 35 heavy (non-hydrogen) atoms. The lowest BCUT2D eigenvalue weighted by molar-refractivity contribution is -0.172. The minimum Gasteiger partial charge on any atom is -0.458 e. The lowest BCUT2D eigenvalue weighted by Crippen LogP contribution is -2.44. The Hall–Kier alpha value is -2.81. The van der Waals surface area contributed by atoms with E-state index in [1.54, 1.807) is 17.6 Å². The molecule has 0 fully saturated rings. The third-order valence-corrected chi connectivity index (χ3v) is 11.1. The first-order valence-electron chi connectivity index (χ1n) is 12.4. The zero-order valence-corrected chi connectivity index (χ0v) is 21.6. The quantitative estimate of drug-likeness (QED) is 0.301. The first-order chi connectivity index (χ1) is 16.7. The van der Waals surface area contributed by atoms with Crippen LogP contribution in [0.5, 0.6) is 0 Å². The number of pyridine rings is 2. The summed E-state index contributed by atoms with van der Waals surface area (Å²) in [5, 5.41) is 21.5. The topological polar surface area (TPSA) is 102 Å². The smallest absolute Gasteiger partial charge is 0.343 e. The second-order valence-corrected chi connectivity index (χ2v) is 15.9. The fourth-order valence-corrected chi connectivity index (χ4v) is 7.84. The van der Waals surface area contributed by atoms with Gasteiger partial charge in [0, 0.05) is 31.2 Å². The Balaban J connectivity index is 1.66. The third-order valence-electron chi connectivity index (χ3n) is 7.78. The largest absolute Gasteiger partial charge is 0.458 e. The van der Waals surface area contributed by atoms with Crippen LogP contribution in [0.25, 0.3) is 22.3 Å². The van der Waals surface area contributed by atoms with Crippen LogP contribution in [0.2, 0.25) is 25.2 Å². The highest BCUT2D eigenvalue weighted by Gasteiger charge is 2.45. The summed E-state index contributed by atoms with van der Waals surface area (Å²) in [5.41, 5.74) is 3.16. The maximum atomic E-state index is 13.5. The fraction of sp³-hybridized carbons (Fsp3) is 0.444. The molecule has 0 saturated heterocycles. The number of para-hydroxylation sites is 1. The van der Waals surface area contributed by atoms with Gasteiger partial charge in [-0.25, -0.2) is 9.78 Å². The van der Waals surface area contributed by atoms with Crippen molar-refractivity contribution in [2.75, 3.05) is 6.61 Å². The molecule has 0 saturated carbocycles. The molecule has 2 N–H and O–H groups in total. The van der Waals surface area contributed by atoms with Gasteiger partial charge in [0.1, 0.15) is 6.61 Å². The minimum atomic E-state index is -1.83. The number of aliphatic hydroxyl groups is 2. The molecule has 184 valence electrons. The van der Waals surface area contributed by atoms with E-state index in [4.69, 9.17) is 9.72 Å². The normalized spacial score (nSPS) is 18.8. The molecule has 0 unspecified atom stereocenters. The predicted molar refractivity (Wildman–Crippen MR) is 137 cm³/mol. The van der Waals surface area contributed by atoms with Gasteiger partial charge in [0.05, 0.1) is 29.0 Å². The van der Waals surface area contributed by atoms with Gasteiger partial charge >= 0.3 is 5.97 Å². The Morgan fingerprint density at radius 3 is 2.69 bits per heavy atom. The second kappa shape index (κ2) is 8.69. The number of hydrogen-bond acceptors (Lipinski definition) is 6. The highest BCUT2D eigenvalue weighted by Crippen LogP contribution is 2.40. The van der Waals surface area contributed by atoms with Gasteiger partial charge in [-0.1, -0.05) is 50.3 Å². The lowest BCUT2D eigenvalue weighted by Gasteiger charge is -2.31. The van der Waals surface area contributed by atoms with Crippen LogP contribution in [-0.2, 0) is 34.7 Å². The number of carbonyl (C=O) groups is 1. The molecular formula is C27H32N2O5Si. The lowest BCUT2D eigenvalue weighted by atomic mass is 9.86. The number of carbonyl (C=O) groups excluding carboxylic acids is 1. The van der Waals surface area contributed by atoms with Crippen molar-refractivity contribution >= 4 is 24.9 Å². The highest BCUT2D eigenvalue weighted by atomic mass is 28.3. The summed E-state index contributed by atoms with van der Waals surface area (Å²) in [6.07, 6.45) is 1.85. The molecule has 0 amide bonds. The van der Waals surface area contributed by atoms with E-state index in [0.29, 0.717) is 23.4 Å². The van der Waals surface area contributed by atoms with Crippen LogP contribution >= 0.6 is 0 Å². The van der Waals surface area contributed by atoms with Gasteiger partial charge in [0.15, 0.2) is 5.60 Å². The van der Waals surface area contributed by atoms with Crippen LogP contribution in [0.4, 0.5) is 0 Å². The molecule has 1 atom stereocenters. The number of cyclic esters (lactones) is 1. The maximum Gasteiger partial charge on any atom is 0.343 e. The van der Waals surface area contributed by atoms with Crippen LogP contribution < -0.4 is 5.56 Å². The van der Waals surface area contributed by atoms with Gasteiger partial charge in [-0.3, -0.25) is 4.79 Å². The molecule has 2 aliphatic heterocycles. The molecule has 4 heterocycles. The number of aryl methyl sites for hydroxylation is 1. The second-order valence-electron chi connectivity index (χ2n) is 10.5. The molecule has 8 heteroatoms.